The van der Waals surface area contributed by atoms with Crippen LogP contribution in [0.3, 0.4) is 0 Å². The number of rotatable bonds is 7. The average Bonchev–Trinajstić information content (AvgIpc) is 2.99. The van der Waals surface area contributed by atoms with Crippen molar-refractivity contribution < 1.29 is 9.53 Å². The van der Waals surface area contributed by atoms with E-state index < -0.39 is 0 Å². The quantitative estimate of drug-likeness (QED) is 0.682. The topological polar surface area (TPSA) is 54.1 Å². The number of nitrogens with one attached hydrogen (secondary N) is 2. The van der Waals surface area contributed by atoms with Crippen LogP contribution in [-0.2, 0) is 22.6 Å². The van der Waals surface area contributed by atoms with Gasteiger partial charge in [-0.2, -0.15) is 0 Å². The minimum Gasteiger partial charge on any atom is -0.380 e. The Morgan fingerprint density at radius 2 is 2.04 bits per heavy atom. The zero-order valence-corrected chi connectivity index (χ0v) is 13.8. The molecule has 0 aliphatic carbocycles. The molecule has 0 aliphatic heterocycles. The SMILES string of the molecule is COCc1cccc(NC(=O)CCCc2c[nH]c3ccccc23)c1. The van der Waals surface area contributed by atoms with Crippen LogP contribution in [0.25, 0.3) is 10.9 Å². The number of carbonyl (C=O) groups is 1. The molecule has 0 atom stereocenters. The second-order valence-electron chi connectivity index (χ2n) is 5.89. The van der Waals surface area contributed by atoms with Gasteiger partial charge in [-0.25, -0.2) is 0 Å². The highest BCUT2D eigenvalue weighted by Gasteiger charge is 2.06. The predicted molar refractivity (Wildman–Crippen MR) is 97.0 cm³/mol. The van der Waals surface area contributed by atoms with Crippen LogP contribution < -0.4 is 5.32 Å². The zero-order chi connectivity index (χ0) is 16.8. The Morgan fingerprint density at radius 3 is 2.92 bits per heavy atom. The van der Waals surface area contributed by atoms with Crippen molar-refractivity contribution in [3.8, 4) is 0 Å². The van der Waals surface area contributed by atoms with E-state index in [2.05, 4.69) is 22.4 Å². The monoisotopic (exact) mass is 322 g/mol. The average molecular weight is 322 g/mol. The van der Waals surface area contributed by atoms with Gasteiger partial charge in [0.05, 0.1) is 6.61 Å². The number of ether oxygens (including phenoxy) is 1. The molecule has 0 saturated carbocycles. The van der Waals surface area contributed by atoms with Gasteiger partial charge < -0.3 is 15.0 Å². The minimum absolute atomic E-state index is 0.0457. The van der Waals surface area contributed by atoms with Crippen molar-refractivity contribution in [2.75, 3.05) is 12.4 Å². The van der Waals surface area contributed by atoms with Crippen LogP contribution in [0.5, 0.6) is 0 Å². The molecule has 0 spiro atoms. The lowest BCUT2D eigenvalue weighted by Crippen LogP contribution is -2.11. The summed E-state index contributed by atoms with van der Waals surface area (Å²) in [6.07, 6.45) is 4.26. The number of anilines is 1. The Kier molecular flexibility index (Phi) is 5.29. The Labute approximate surface area is 141 Å². The molecular formula is C20H22N2O2. The van der Waals surface area contributed by atoms with Crippen LogP contribution in [0.4, 0.5) is 5.69 Å². The Bertz CT molecular complexity index is 823. The maximum atomic E-state index is 12.1. The minimum atomic E-state index is 0.0457. The van der Waals surface area contributed by atoms with E-state index in [0.29, 0.717) is 13.0 Å². The van der Waals surface area contributed by atoms with Crippen molar-refractivity contribution in [2.24, 2.45) is 0 Å². The molecule has 4 nitrogen and oxygen atoms in total. The number of fused-ring (bicyclic) bond motifs is 1. The van der Waals surface area contributed by atoms with E-state index in [1.807, 2.05) is 42.6 Å². The molecule has 0 radical (unpaired) electrons. The van der Waals surface area contributed by atoms with E-state index in [1.165, 1.54) is 10.9 Å². The van der Waals surface area contributed by atoms with Gasteiger partial charge in [0.25, 0.3) is 0 Å². The summed E-state index contributed by atoms with van der Waals surface area (Å²) in [6, 6.07) is 16.0. The molecule has 0 saturated heterocycles. The first-order valence-corrected chi connectivity index (χ1v) is 8.19. The Hall–Kier alpha value is -2.59. The number of H-pyrrole nitrogens is 1. The summed E-state index contributed by atoms with van der Waals surface area (Å²) in [4.78, 5) is 15.4. The molecule has 1 heterocycles. The largest absolute Gasteiger partial charge is 0.380 e. The van der Waals surface area contributed by atoms with Crippen molar-refractivity contribution >= 4 is 22.5 Å². The Morgan fingerprint density at radius 1 is 1.17 bits per heavy atom. The standard InChI is InChI=1S/C20H22N2O2/c1-24-14-15-6-4-8-17(12-15)22-20(23)11-5-7-16-13-21-19-10-3-2-9-18(16)19/h2-4,6,8-10,12-13,21H,5,7,11,14H2,1H3,(H,22,23). The van der Waals surface area contributed by atoms with Crippen LogP contribution in [0.1, 0.15) is 24.0 Å². The van der Waals surface area contributed by atoms with Gasteiger partial charge in [0.1, 0.15) is 0 Å². The lowest BCUT2D eigenvalue weighted by molar-refractivity contribution is -0.116. The number of benzene rings is 2. The zero-order valence-electron chi connectivity index (χ0n) is 13.8. The molecule has 1 amide bonds. The number of methoxy groups -OCH3 is 1. The van der Waals surface area contributed by atoms with Crippen molar-refractivity contribution in [3.05, 3.63) is 65.9 Å². The maximum absolute atomic E-state index is 12.1. The summed E-state index contributed by atoms with van der Waals surface area (Å²) in [5, 5.41) is 4.20. The summed E-state index contributed by atoms with van der Waals surface area (Å²) in [7, 11) is 1.66. The van der Waals surface area contributed by atoms with E-state index in [-0.39, 0.29) is 5.91 Å². The van der Waals surface area contributed by atoms with Gasteiger partial charge >= 0.3 is 0 Å². The lowest BCUT2D eigenvalue weighted by atomic mass is 10.1. The van der Waals surface area contributed by atoms with Crippen molar-refractivity contribution in [1.82, 2.24) is 4.98 Å². The number of amides is 1. The summed E-state index contributed by atoms with van der Waals surface area (Å²) >= 11 is 0. The van der Waals surface area contributed by atoms with Crippen molar-refractivity contribution in [1.29, 1.82) is 0 Å². The highest BCUT2D eigenvalue weighted by atomic mass is 16.5. The molecule has 0 fully saturated rings. The Balaban J connectivity index is 1.51. The third-order valence-corrected chi connectivity index (χ3v) is 4.05. The van der Waals surface area contributed by atoms with Gasteiger partial charge in [-0.15, -0.1) is 0 Å². The molecule has 2 aromatic carbocycles. The smallest absolute Gasteiger partial charge is 0.224 e. The number of hydrogen-bond acceptors (Lipinski definition) is 2. The molecule has 0 unspecified atom stereocenters. The highest BCUT2D eigenvalue weighted by Crippen LogP contribution is 2.19. The molecule has 24 heavy (non-hydrogen) atoms. The summed E-state index contributed by atoms with van der Waals surface area (Å²) in [5.74, 6) is 0.0457. The fraction of sp³-hybridized carbons (Fsp3) is 0.250. The van der Waals surface area contributed by atoms with E-state index in [4.69, 9.17) is 4.74 Å². The molecule has 4 heteroatoms. The second kappa shape index (κ2) is 7.79. The van der Waals surface area contributed by atoms with Crippen LogP contribution in [0.15, 0.2) is 54.7 Å². The fourth-order valence-electron chi connectivity index (χ4n) is 2.91. The van der Waals surface area contributed by atoms with Crippen LogP contribution in [-0.4, -0.2) is 18.0 Å². The van der Waals surface area contributed by atoms with Gasteiger partial charge in [0.15, 0.2) is 0 Å². The van der Waals surface area contributed by atoms with E-state index >= 15 is 0 Å². The van der Waals surface area contributed by atoms with Crippen LogP contribution in [0, 0.1) is 0 Å². The number of aromatic amines is 1. The number of aromatic nitrogens is 1. The van der Waals surface area contributed by atoms with Gasteiger partial charge in [0, 0.05) is 36.3 Å². The number of para-hydroxylation sites is 1. The molecule has 2 N–H and O–H groups in total. The van der Waals surface area contributed by atoms with Crippen LogP contribution in [0.2, 0.25) is 0 Å². The van der Waals surface area contributed by atoms with Crippen molar-refractivity contribution in [3.63, 3.8) is 0 Å². The molecular weight excluding hydrogens is 300 g/mol. The van der Waals surface area contributed by atoms with Gasteiger partial charge in [-0.1, -0.05) is 30.3 Å². The van der Waals surface area contributed by atoms with E-state index in [9.17, 15) is 4.79 Å². The molecule has 3 aromatic rings. The first-order chi connectivity index (χ1) is 11.8. The van der Waals surface area contributed by atoms with Gasteiger partial charge in [-0.05, 0) is 42.2 Å². The summed E-state index contributed by atoms with van der Waals surface area (Å²) < 4.78 is 5.11. The number of carbonyl (C=O) groups excluding carboxylic acids is 1. The first kappa shape index (κ1) is 16.3. The molecule has 124 valence electrons. The van der Waals surface area contributed by atoms with E-state index in [0.717, 1.165) is 29.6 Å². The van der Waals surface area contributed by atoms with E-state index in [1.54, 1.807) is 7.11 Å². The molecule has 0 aliphatic rings. The lowest BCUT2D eigenvalue weighted by Gasteiger charge is -2.07. The molecule has 0 bridgehead atoms. The van der Waals surface area contributed by atoms with Crippen molar-refractivity contribution in [2.45, 2.75) is 25.9 Å². The molecule has 1 aromatic heterocycles. The van der Waals surface area contributed by atoms with Gasteiger partial charge in [0.2, 0.25) is 5.91 Å². The van der Waals surface area contributed by atoms with Gasteiger partial charge in [-0.3, -0.25) is 4.79 Å². The third-order valence-electron chi connectivity index (χ3n) is 4.05. The molecule has 3 rings (SSSR count). The normalized spacial score (nSPS) is 10.9. The number of aryl methyl sites for hydroxylation is 1. The number of hydrogen-bond donors (Lipinski definition) is 2. The second-order valence-corrected chi connectivity index (χ2v) is 5.89. The summed E-state index contributed by atoms with van der Waals surface area (Å²) in [6.45, 7) is 0.546. The van der Waals surface area contributed by atoms with Crippen LogP contribution >= 0.6 is 0 Å². The first-order valence-electron chi connectivity index (χ1n) is 8.19. The maximum Gasteiger partial charge on any atom is 0.224 e. The third kappa shape index (κ3) is 4.03. The summed E-state index contributed by atoms with van der Waals surface area (Å²) in [5.41, 5.74) is 4.28. The highest BCUT2D eigenvalue weighted by molar-refractivity contribution is 5.90. The fourth-order valence-corrected chi connectivity index (χ4v) is 2.91. The predicted octanol–water partition coefficient (Wildman–Crippen LogP) is 4.28.